The lowest BCUT2D eigenvalue weighted by atomic mass is 10.1. The van der Waals surface area contributed by atoms with E-state index in [4.69, 9.17) is 5.11 Å². The van der Waals surface area contributed by atoms with E-state index in [0.29, 0.717) is 0 Å². The topological polar surface area (TPSA) is 40.5 Å². The van der Waals surface area contributed by atoms with Crippen molar-refractivity contribution in [3.8, 4) is 0 Å². The van der Waals surface area contributed by atoms with Gasteiger partial charge in [-0.25, -0.2) is 8.78 Å². The lowest BCUT2D eigenvalue weighted by Crippen LogP contribution is -2.28. The third-order valence-corrected chi connectivity index (χ3v) is 2.00. The van der Waals surface area contributed by atoms with Gasteiger partial charge >= 0.3 is 5.97 Å². The SMILES string of the molecule is CN(C)[C@H](C(=O)O)c1cc(F)ccc1F. The Hall–Kier alpha value is -1.49. The molecule has 1 rings (SSSR count). The Balaban J connectivity index is 3.22. The third-order valence-electron chi connectivity index (χ3n) is 2.00. The van der Waals surface area contributed by atoms with Crippen LogP contribution in [-0.4, -0.2) is 30.1 Å². The minimum absolute atomic E-state index is 0.174. The summed E-state index contributed by atoms with van der Waals surface area (Å²) in [6.45, 7) is 0. The van der Waals surface area contributed by atoms with Gasteiger partial charge in [0.1, 0.15) is 17.7 Å². The second-order valence-corrected chi connectivity index (χ2v) is 3.37. The van der Waals surface area contributed by atoms with E-state index in [-0.39, 0.29) is 5.56 Å². The van der Waals surface area contributed by atoms with Gasteiger partial charge in [-0.15, -0.1) is 0 Å². The molecule has 1 N–H and O–H groups in total. The van der Waals surface area contributed by atoms with Crippen LogP contribution >= 0.6 is 0 Å². The lowest BCUT2D eigenvalue weighted by molar-refractivity contribution is -0.142. The number of hydrogen-bond acceptors (Lipinski definition) is 2. The van der Waals surface area contributed by atoms with Crippen molar-refractivity contribution >= 4 is 5.97 Å². The van der Waals surface area contributed by atoms with E-state index in [1.807, 2.05) is 0 Å². The number of benzene rings is 1. The Morgan fingerprint density at radius 2 is 2.00 bits per heavy atom. The Labute approximate surface area is 85.9 Å². The summed E-state index contributed by atoms with van der Waals surface area (Å²) >= 11 is 0. The average molecular weight is 215 g/mol. The number of carbonyl (C=O) groups is 1. The molecular formula is C10H11F2NO2. The first-order valence-corrected chi connectivity index (χ1v) is 4.27. The first-order valence-electron chi connectivity index (χ1n) is 4.27. The second-order valence-electron chi connectivity index (χ2n) is 3.37. The van der Waals surface area contributed by atoms with Crippen molar-refractivity contribution < 1.29 is 18.7 Å². The van der Waals surface area contributed by atoms with Gasteiger partial charge in [0, 0.05) is 5.56 Å². The van der Waals surface area contributed by atoms with Gasteiger partial charge in [0.05, 0.1) is 0 Å². The maximum absolute atomic E-state index is 13.3. The molecule has 3 nitrogen and oxygen atoms in total. The molecule has 82 valence electrons. The van der Waals surface area contributed by atoms with Crippen molar-refractivity contribution in [3.05, 3.63) is 35.4 Å². The monoisotopic (exact) mass is 215 g/mol. The molecule has 0 aliphatic rings. The molecule has 1 aromatic carbocycles. The van der Waals surface area contributed by atoms with Crippen LogP contribution in [0, 0.1) is 11.6 Å². The maximum Gasteiger partial charge on any atom is 0.325 e. The number of nitrogens with zero attached hydrogens (tertiary/aromatic N) is 1. The van der Waals surface area contributed by atoms with Crippen molar-refractivity contribution in [1.82, 2.24) is 4.90 Å². The van der Waals surface area contributed by atoms with Gasteiger partial charge in [-0.1, -0.05) is 0 Å². The number of aliphatic carboxylic acids is 1. The summed E-state index contributed by atoms with van der Waals surface area (Å²) in [5, 5.41) is 8.88. The molecule has 0 radical (unpaired) electrons. The zero-order valence-electron chi connectivity index (χ0n) is 8.37. The molecule has 0 aliphatic carbocycles. The van der Waals surface area contributed by atoms with Crippen LogP contribution in [0.25, 0.3) is 0 Å². The number of rotatable bonds is 3. The van der Waals surface area contributed by atoms with E-state index in [0.717, 1.165) is 18.2 Å². The first kappa shape index (κ1) is 11.6. The quantitative estimate of drug-likeness (QED) is 0.833. The van der Waals surface area contributed by atoms with Gasteiger partial charge in [-0.05, 0) is 32.3 Å². The molecule has 0 saturated heterocycles. The minimum atomic E-state index is -1.22. The summed E-state index contributed by atoms with van der Waals surface area (Å²) in [5.74, 6) is -2.60. The number of likely N-dealkylation sites (N-methyl/N-ethyl adjacent to an activating group) is 1. The Bertz CT molecular complexity index is 380. The van der Waals surface area contributed by atoms with Gasteiger partial charge in [-0.2, -0.15) is 0 Å². The predicted octanol–water partition coefficient (Wildman–Crippen LogP) is 1.65. The van der Waals surface area contributed by atoms with Gasteiger partial charge in [0.25, 0.3) is 0 Å². The van der Waals surface area contributed by atoms with Crippen LogP contribution in [0.3, 0.4) is 0 Å². The van der Waals surface area contributed by atoms with E-state index < -0.39 is 23.6 Å². The highest BCUT2D eigenvalue weighted by Crippen LogP contribution is 2.22. The van der Waals surface area contributed by atoms with E-state index in [1.54, 1.807) is 0 Å². The summed E-state index contributed by atoms with van der Waals surface area (Å²) in [7, 11) is 2.98. The Morgan fingerprint density at radius 3 is 2.47 bits per heavy atom. The molecule has 0 amide bonds. The second kappa shape index (κ2) is 4.35. The largest absolute Gasteiger partial charge is 0.480 e. The van der Waals surface area contributed by atoms with Crippen molar-refractivity contribution in [2.24, 2.45) is 0 Å². The zero-order chi connectivity index (χ0) is 11.6. The van der Waals surface area contributed by atoms with Crippen LogP contribution in [-0.2, 0) is 4.79 Å². The molecule has 1 atom stereocenters. The highest BCUT2D eigenvalue weighted by Gasteiger charge is 2.25. The highest BCUT2D eigenvalue weighted by atomic mass is 19.1. The number of carboxylic acid groups (broad SMARTS) is 1. The van der Waals surface area contributed by atoms with Crippen molar-refractivity contribution in [3.63, 3.8) is 0 Å². The molecule has 0 aromatic heterocycles. The van der Waals surface area contributed by atoms with Gasteiger partial charge in [0.15, 0.2) is 0 Å². The van der Waals surface area contributed by atoms with Crippen LogP contribution in [0.5, 0.6) is 0 Å². The molecule has 0 aliphatic heterocycles. The minimum Gasteiger partial charge on any atom is -0.480 e. The number of hydrogen-bond donors (Lipinski definition) is 1. The molecule has 0 fully saturated rings. The Morgan fingerprint density at radius 1 is 1.40 bits per heavy atom. The first-order chi connectivity index (χ1) is 6.93. The van der Waals surface area contributed by atoms with Crippen molar-refractivity contribution in [1.29, 1.82) is 0 Å². The Kier molecular flexibility index (Phi) is 3.36. The normalized spacial score (nSPS) is 12.9. The molecule has 0 heterocycles. The van der Waals surface area contributed by atoms with E-state index >= 15 is 0 Å². The van der Waals surface area contributed by atoms with Crippen molar-refractivity contribution in [2.75, 3.05) is 14.1 Å². The highest BCUT2D eigenvalue weighted by molar-refractivity contribution is 5.75. The molecule has 0 spiro atoms. The fourth-order valence-corrected chi connectivity index (χ4v) is 1.36. The summed E-state index contributed by atoms with van der Waals surface area (Å²) in [4.78, 5) is 12.2. The van der Waals surface area contributed by atoms with E-state index in [1.165, 1.54) is 19.0 Å². The van der Waals surface area contributed by atoms with Gasteiger partial charge in [0.2, 0.25) is 0 Å². The maximum atomic E-state index is 13.3. The molecule has 0 bridgehead atoms. The third kappa shape index (κ3) is 2.50. The standard InChI is InChI=1S/C10H11F2NO2/c1-13(2)9(10(14)15)7-5-6(11)3-4-8(7)12/h3-5,9H,1-2H3,(H,14,15)/t9-/m0/s1. The molecule has 0 unspecified atom stereocenters. The summed E-state index contributed by atoms with van der Waals surface area (Å²) in [5.41, 5.74) is -0.174. The summed E-state index contributed by atoms with van der Waals surface area (Å²) in [6, 6.07) is 1.59. The molecule has 0 saturated carbocycles. The smallest absolute Gasteiger partial charge is 0.325 e. The zero-order valence-corrected chi connectivity index (χ0v) is 8.37. The molecule has 1 aromatic rings. The van der Waals surface area contributed by atoms with Gasteiger partial charge in [-0.3, -0.25) is 9.69 Å². The number of halogens is 2. The van der Waals surface area contributed by atoms with Crippen LogP contribution in [0.2, 0.25) is 0 Å². The van der Waals surface area contributed by atoms with E-state index in [2.05, 4.69) is 0 Å². The fourth-order valence-electron chi connectivity index (χ4n) is 1.36. The van der Waals surface area contributed by atoms with Crippen LogP contribution in [0.1, 0.15) is 11.6 Å². The number of carboxylic acids is 1. The van der Waals surface area contributed by atoms with Crippen LogP contribution < -0.4 is 0 Å². The fraction of sp³-hybridized carbons (Fsp3) is 0.300. The van der Waals surface area contributed by atoms with E-state index in [9.17, 15) is 13.6 Å². The van der Waals surface area contributed by atoms with Crippen LogP contribution in [0.4, 0.5) is 8.78 Å². The average Bonchev–Trinajstić information content (AvgIpc) is 2.10. The van der Waals surface area contributed by atoms with Crippen molar-refractivity contribution in [2.45, 2.75) is 6.04 Å². The summed E-state index contributed by atoms with van der Waals surface area (Å²) < 4.78 is 26.1. The van der Waals surface area contributed by atoms with Gasteiger partial charge < -0.3 is 5.11 Å². The predicted molar refractivity (Wildman–Crippen MR) is 50.4 cm³/mol. The summed E-state index contributed by atoms with van der Waals surface area (Å²) in [6.07, 6.45) is 0. The lowest BCUT2D eigenvalue weighted by Gasteiger charge is -2.20. The van der Waals surface area contributed by atoms with Crippen LogP contribution in [0.15, 0.2) is 18.2 Å². The molecule has 5 heteroatoms. The molecular weight excluding hydrogens is 204 g/mol. The molecule has 15 heavy (non-hydrogen) atoms.